The summed E-state index contributed by atoms with van der Waals surface area (Å²) in [5, 5.41) is 0. The quantitative estimate of drug-likeness (QED) is 0.588. The third kappa shape index (κ3) is 3.26. The highest BCUT2D eigenvalue weighted by Crippen LogP contribution is 2.39. The minimum absolute atomic E-state index is 0.112. The Morgan fingerprint density at radius 3 is 2.41 bits per heavy atom. The third-order valence-corrected chi connectivity index (χ3v) is 2.85. The molecule has 2 atom stereocenters. The fourth-order valence-electron chi connectivity index (χ4n) is 1.55. The average molecular weight is 296 g/mol. The van der Waals surface area contributed by atoms with Crippen LogP contribution >= 0.6 is 34.8 Å². The number of carbonyl (C=O) groups excluding carboxylic acids is 1. The summed E-state index contributed by atoms with van der Waals surface area (Å²) >= 11 is 17.0. The van der Waals surface area contributed by atoms with Crippen molar-refractivity contribution in [1.29, 1.82) is 0 Å². The maximum absolute atomic E-state index is 11.4. The van der Waals surface area contributed by atoms with E-state index in [1.54, 1.807) is 0 Å². The van der Waals surface area contributed by atoms with Crippen LogP contribution in [0.1, 0.15) is 18.1 Å². The number of carbonyl (C=O) groups is 1. The van der Waals surface area contributed by atoms with Gasteiger partial charge in [0.15, 0.2) is 0 Å². The van der Waals surface area contributed by atoms with E-state index in [1.807, 2.05) is 30.3 Å². The fourth-order valence-corrected chi connectivity index (χ4v) is 1.84. The molecule has 0 amide bonds. The first kappa shape index (κ1) is 13.0. The van der Waals surface area contributed by atoms with E-state index in [0.29, 0.717) is 0 Å². The maximum atomic E-state index is 11.4. The van der Waals surface area contributed by atoms with Crippen molar-refractivity contribution in [3.05, 3.63) is 35.9 Å². The Morgan fingerprint density at radius 1 is 1.18 bits per heavy atom. The molecule has 1 aliphatic rings. The van der Waals surface area contributed by atoms with E-state index in [1.165, 1.54) is 0 Å². The first-order valence-electron chi connectivity index (χ1n) is 4.93. The molecule has 1 aliphatic heterocycles. The Labute approximate surface area is 114 Å². The maximum Gasteiger partial charge on any atom is 0.311 e. The second-order valence-corrected chi connectivity index (χ2v) is 5.97. The van der Waals surface area contributed by atoms with Crippen molar-refractivity contribution in [3.63, 3.8) is 0 Å². The van der Waals surface area contributed by atoms with Crippen molar-refractivity contribution in [2.75, 3.05) is 0 Å². The van der Waals surface area contributed by atoms with Gasteiger partial charge in [-0.25, -0.2) is 0 Å². The SMILES string of the molecule is O=C1C[C@H](c2ccccc2)O[C@@H](C(Cl)(Cl)Cl)O1. The molecule has 0 N–H and O–H groups in total. The summed E-state index contributed by atoms with van der Waals surface area (Å²) in [6.07, 6.45) is -1.52. The summed E-state index contributed by atoms with van der Waals surface area (Å²) in [7, 11) is 0. The van der Waals surface area contributed by atoms with E-state index >= 15 is 0 Å². The molecule has 1 fully saturated rings. The van der Waals surface area contributed by atoms with Gasteiger partial charge in [0.05, 0.1) is 12.5 Å². The van der Waals surface area contributed by atoms with Crippen molar-refractivity contribution in [2.45, 2.75) is 22.6 Å². The van der Waals surface area contributed by atoms with Crippen LogP contribution in [0.25, 0.3) is 0 Å². The van der Waals surface area contributed by atoms with Crippen LogP contribution in [-0.2, 0) is 14.3 Å². The van der Waals surface area contributed by atoms with Crippen molar-refractivity contribution in [1.82, 2.24) is 0 Å². The molecule has 1 heterocycles. The van der Waals surface area contributed by atoms with Crippen LogP contribution in [-0.4, -0.2) is 16.1 Å². The van der Waals surface area contributed by atoms with Crippen molar-refractivity contribution < 1.29 is 14.3 Å². The molecule has 92 valence electrons. The van der Waals surface area contributed by atoms with Gasteiger partial charge in [0.25, 0.3) is 10.1 Å². The minimum Gasteiger partial charge on any atom is -0.431 e. The number of hydrogen-bond donors (Lipinski definition) is 0. The monoisotopic (exact) mass is 294 g/mol. The number of rotatable bonds is 1. The number of benzene rings is 1. The van der Waals surface area contributed by atoms with E-state index in [0.717, 1.165) is 5.56 Å². The largest absolute Gasteiger partial charge is 0.431 e. The topological polar surface area (TPSA) is 35.5 Å². The fraction of sp³-hybridized carbons (Fsp3) is 0.364. The predicted octanol–water partition coefficient (Wildman–Crippen LogP) is 3.39. The summed E-state index contributed by atoms with van der Waals surface area (Å²) in [6.45, 7) is 0. The first-order valence-corrected chi connectivity index (χ1v) is 6.07. The van der Waals surface area contributed by atoms with Crippen molar-refractivity contribution in [3.8, 4) is 0 Å². The summed E-state index contributed by atoms with van der Waals surface area (Å²) in [4.78, 5) is 11.4. The lowest BCUT2D eigenvalue weighted by molar-refractivity contribution is -0.215. The Bertz CT molecular complexity index is 402. The van der Waals surface area contributed by atoms with Crippen LogP contribution in [0.2, 0.25) is 0 Å². The molecule has 6 heteroatoms. The van der Waals surface area contributed by atoms with Gasteiger partial charge >= 0.3 is 5.97 Å². The first-order chi connectivity index (χ1) is 7.97. The second kappa shape index (κ2) is 5.02. The number of cyclic esters (lactones) is 1. The number of alkyl halides is 3. The average Bonchev–Trinajstić information content (AvgIpc) is 2.28. The van der Waals surface area contributed by atoms with E-state index in [-0.39, 0.29) is 6.42 Å². The lowest BCUT2D eigenvalue weighted by Crippen LogP contribution is -2.39. The van der Waals surface area contributed by atoms with Crippen LogP contribution in [0.15, 0.2) is 30.3 Å². The summed E-state index contributed by atoms with van der Waals surface area (Å²) < 4.78 is 8.53. The summed E-state index contributed by atoms with van der Waals surface area (Å²) in [6, 6.07) is 9.26. The summed E-state index contributed by atoms with van der Waals surface area (Å²) in [5.74, 6) is -0.443. The zero-order chi connectivity index (χ0) is 12.5. The normalized spacial score (nSPS) is 25.5. The smallest absolute Gasteiger partial charge is 0.311 e. The molecule has 0 aliphatic carbocycles. The molecule has 0 unspecified atom stereocenters. The Hall–Kier alpha value is -0.480. The standard InChI is InChI=1S/C11H9Cl3O3/c12-11(13,14)10-16-8(6-9(15)17-10)7-4-2-1-3-5-7/h1-5,8,10H,6H2/t8-,10-/m1/s1. The molecule has 17 heavy (non-hydrogen) atoms. The highest BCUT2D eigenvalue weighted by atomic mass is 35.6. The number of ether oxygens (including phenoxy) is 2. The van der Waals surface area contributed by atoms with Gasteiger partial charge in [-0.2, -0.15) is 0 Å². The van der Waals surface area contributed by atoms with Crippen LogP contribution in [0, 0.1) is 0 Å². The molecule has 3 nitrogen and oxygen atoms in total. The van der Waals surface area contributed by atoms with Crippen LogP contribution in [0.3, 0.4) is 0 Å². The van der Waals surface area contributed by atoms with E-state index in [2.05, 4.69) is 0 Å². The number of hydrogen-bond acceptors (Lipinski definition) is 3. The van der Waals surface area contributed by atoms with Gasteiger partial charge in [-0.3, -0.25) is 4.79 Å². The van der Waals surface area contributed by atoms with Gasteiger partial charge in [-0.05, 0) is 5.56 Å². The minimum atomic E-state index is -1.79. The van der Waals surface area contributed by atoms with Gasteiger partial charge in [0.1, 0.15) is 0 Å². The Kier molecular flexibility index (Phi) is 3.83. The highest BCUT2D eigenvalue weighted by Gasteiger charge is 2.42. The molecule has 0 spiro atoms. The zero-order valence-corrected chi connectivity index (χ0v) is 10.9. The van der Waals surface area contributed by atoms with Crippen LogP contribution < -0.4 is 0 Å². The highest BCUT2D eigenvalue weighted by molar-refractivity contribution is 6.68. The van der Waals surface area contributed by atoms with Gasteiger partial charge < -0.3 is 9.47 Å². The van der Waals surface area contributed by atoms with Crippen molar-refractivity contribution in [2.24, 2.45) is 0 Å². The van der Waals surface area contributed by atoms with Gasteiger partial charge in [0.2, 0.25) is 0 Å². The molecule has 1 aromatic carbocycles. The predicted molar refractivity (Wildman–Crippen MR) is 65.1 cm³/mol. The molecule has 1 saturated heterocycles. The zero-order valence-electron chi connectivity index (χ0n) is 8.61. The van der Waals surface area contributed by atoms with Crippen LogP contribution in [0.5, 0.6) is 0 Å². The van der Waals surface area contributed by atoms with Gasteiger partial charge in [-0.1, -0.05) is 65.1 Å². The lowest BCUT2D eigenvalue weighted by Gasteiger charge is -2.33. The van der Waals surface area contributed by atoms with Gasteiger partial charge in [-0.15, -0.1) is 0 Å². The molecule has 2 rings (SSSR count). The summed E-state index contributed by atoms with van der Waals surface area (Å²) in [5.41, 5.74) is 0.850. The molecular weight excluding hydrogens is 286 g/mol. The lowest BCUT2D eigenvalue weighted by atomic mass is 10.1. The Morgan fingerprint density at radius 2 is 1.82 bits per heavy atom. The number of esters is 1. The molecule has 0 aromatic heterocycles. The third-order valence-electron chi connectivity index (χ3n) is 2.32. The van der Waals surface area contributed by atoms with E-state index in [9.17, 15) is 4.79 Å². The Balaban J connectivity index is 2.17. The molecule has 0 saturated carbocycles. The number of halogens is 3. The van der Waals surface area contributed by atoms with E-state index < -0.39 is 22.2 Å². The molecular formula is C11H9Cl3O3. The van der Waals surface area contributed by atoms with Gasteiger partial charge in [0, 0.05) is 0 Å². The molecule has 0 radical (unpaired) electrons. The molecule has 1 aromatic rings. The van der Waals surface area contributed by atoms with Crippen molar-refractivity contribution >= 4 is 40.8 Å². The van der Waals surface area contributed by atoms with Crippen LogP contribution in [0.4, 0.5) is 0 Å². The molecule has 0 bridgehead atoms. The second-order valence-electron chi connectivity index (χ2n) is 3.60. The van der Waals surface area contributed by atoms with E-state index in [4.69, 9.17) is 44.3 Å².